The first-order valence-electron chi connectivity index (χ1n) is 15.0. The van der Waals surface area contributed by atoms with E-state index < -0.39 is 75.4 Å². The quantitative estimate of drug-likeness (QED) is 0.154. The molecule has 6 N–H and O–H groups in total. The van der Waals surface area contributed by atoms with Gasteiger partial charge in [-0.25, -0.2) is 4.79 Å². The molecule has 0 radical (unpaired) electrons. The Morgan fingerprint density at radius 1 is 0.915 bits per heavy atom. The number of carboxylic acid groups (broad SMARTS) is 1. The molecule has 3 aliphatic carbocycles. The third kappa shape index (κ3) is 4.89. The van der Waals surface area contributed by atoms with Crippen LogP contribution in [0.1, 0.15) is 42.0 Å². The predicted molar refractivity (Wildman–Crippen MR) is 168 cm³/mol. The van der Waals surface area contributed by atoms with E-state index in [-0.39, 0.29) is 24.2 Å². The standard InChI is InChI=1S/C36H34O11/c1-34-16-25(38)28(33(42)43)31(40)36(34,45)32(41)29-30(39)27-23(15-35(29,44)18-34)21(9-10-24(27)37)22-14-20(8-11-26(22)46-2)17-47-13-12-19-6-4-3-5-7-19/h3-11,14,37,39-40,44-45H,12-13,15-18H2,1-2H3,(H,42,43)/t34-,35-,36-/m0/s1. The van der Waals surface area contributed by atoms with E-state index in [1.165, 1.54) is 20.1 Å². The second kappa shape index (κ2) is 11.4. The number of aliphatic hydroxyl groups excluding tert-OH is 2. The van der Waals surface area contributed by atoms with Gasteiger partial charge in [0, 0.05) is 23.8 Å². The summed E-state index contributed by atoms with van der Waals surface area (Å²) in [6.07, 6.45) is -0.790. The summed E-state index contributed by atoms with van der Waals surface area (Å²) in [5.74, 6) is -6.38. The number of ether oxygens (including phenoxy) is 2. The van der Waals surface area contributed by atoms with Crippen LogP contribution in [-0.4, -0.2) is 73.1 Å². The van der Waals surface area contributed by atoms with Gasteiger partial charge in [-0.3, -0.25) is 9.59 Å². The van der Waals surface area contributed by atoms with Gasteiger partial charge in [-0.1, -0.05) is 49.4 Å². The molecule has 0 spiro atoms. The molecule has 0 aliphatic heterocycles. The molecule has 0 unspecified atom stereocenters. The first-order chi connectivity index (χ1) is 22.3. The number of rotatable bonds is 8. The number of carboxylic acids is 1. The lowest BCUT2D eigenvalue weighted by Crippen LogP contribution is -2.67. The number of aliphatic hydroxyl groups is 4. The highest BCUT2D eigenvalue weighted by molar-refractivity contribution is 6.22. The van der Waals surface area contributed by atoms with Gasteiger partial charge < -0.3 is 40.1 Å². The number of fused-ring (bicyclic) bond motifs is 3. The maximum Gasteiger partial charge on any atom is 0.342 e. The topological polar surface area (TPSA) is 191 Å². The van der Waals surface area contributed by atoms with Gasteiger partial charge in [0.2, 0.25) is 5.78 Å². The van der Waals surface area contributed by atoms with Crippen molar-refractivity contribution < 1.29 is 54.5 Å². The molecule has 3 atom stereocenters. The highest BCUT2D eigenvalue weighted by Crippen LogP contribution is 2.60. The summed E-state index contributed by atoms with van der Waals surface area (Å²) < 4.78 is 11.6. The Morgan fingerprint density at radius 3 is 2.32 bits per heavy atom. The summed E-state index contributed by atoms with van der Waals surface area (Å²) in [7, 11) is 1.48. The molecule has 6 rings (SSSR count). The van der Waals surface area contributed by atoms with Gasteiger partial charge in [0.15, 0.2) is 17.1 Å². The van der Waals surface area contributed by atoms with Gasteiger partial charge >= 0.3 is 5.97 Å². The number of aromatic hydroxyl groups is 1. The summed E-state index contributed by atoms with van der Waals surface area (Å²) in [6, 6.07) is 18.2. The lowest BCUT2D eigenvalue weighted by atomic mass is 9.50. The van der Waals surface area contributed by atoms with Crippen LogP contribution in [0.3, 0.4) is 0 Å². The number of ketones is 2. The molecule has 0 amide bonds. The molecule has 244 valence electrons. The SMILES string of the molecule is COc1ccc(COCCc2ccccc2)cc1-c1ccc(O)c2c1C[C@]1(O)C[C@]3(C)CC(=O)C(C(=O)O)=C(O)[C@]3(O)C(=O)C1=C2O. The van der Waals surface area contributed by atoms with Crippen molar-refractivity contribution in [2.75, 3.05) is 13.7 Å². The molecule has 3 aliphatic rings. The van der Waals surface area contributed by atoms with Crippen LogP contribution < -0.4 is 4.74 Å². The summed E-state index contributed by atoms with van der Waals surface area (Å²) in [6.45, 7) is 2.06. The van der Waals surface area contributed by atoms with Crippen LogP contribution in [-0.2, 0) is 38.6 Å². The highest BCUT2D eigenvalue weighted by Gasteiger charge is 2.70. The Balaban J connectivity index is 1.43. The number of phenols is 1. The molecule has 47 heavy (non-hydrogen) atoms. The second-order valence-electron chi connectivity index (χ2n) is 12.6. The molecular formula is C36H34O11. The highest BCUT2D eigenvalue weighted by atomic mass is 16.5. The fraction of sp³-hybridized carbons (Fsp3) is 0.306. The van der Waals surface area contributed by atoms with Crippen LogP contribution in [0.15, 0.2) is 77.6 Å². The second-order valence-corrected chi connectivity index (χ2v) is 12.6. The Kier molecular flexibility index (Phi) is 7.74. The monoisotopic (exact) mass is 642 g/mol. The lowest BCUT2D eigenvalue weighted by Gasteiger charge is -2.55. The number of benzene rings is 3. The van der Waals surface area contributed by atoms with Gasteiger partial charge in [-0.05, 0) is 53.3 Å². The van der Waals surface area contributed by atoms with Crippen LogP contribution in [0.4, 0.5) is 0 Å². The van der Waals surface area contributed by atoms with E-state index >= 15 is 0 Å². The molecule has 3 aromatic carbocycles. The Morgan fingerprint density at radius 2 is 1.64 bits per heavy atom. The molecular weight excluding hydrogens is 608 g/mol. The average Bonchev–Trinajstić information content (AvgIpc) is 3.01. The first kappa shape index (κ1) is 32.0. The zero-order valence-corrected chi connectivity index (χ0v) is 25.7. The normalized spacial score (nSPS) is 25.3. The van der Waals surface area contributed by atoms with Gasteiger partial charge in [0.05, 0.1) is 31.5 Å². The number of carbonyl (C=O) groups excluding carboxylic acids is 2. The van der Waals surface area contributed by atoms with Gasteiger partial charge in [0.1, 0.15) is 28.4 Å². The zero-order valence-electron chi connectivity index (χ0n) is 25.7. The minimum atomic E-state index is -2.94. The molecule has 0 heterocycles. The number of aliphatic carboxylic acids is 1. The zero-order chi connectivity index (χ0) is 33.9. The van der Waals surface area contributed by atoms with Crippen LogP contribution in [0, 0.1) is 5.41 Å². The fourth-order valence-electron chi connectivity index (χ4n) is 7.40. The number of carbonyl (C=O) groups is 3. The Hall–Kier alpha value is -4.97. The van der Waals surface area contributed by atoms with E-state index in [1.54, 1.807) is 12.1 Å². The van der Waals surface area contributed by atoms with Crippen molar-refractivity contribution in [3.63, 3.8) is 0 Å². The molecule has 11 heteroatoms. The van der Waals surface area contributed by atoms with E-state index in [9.17, 15) is 45.0 Å². The largest absolute Gasteiger partial charge is 0.508 e. The molecule has 3 aromatic rings. The first-order valence-corrected chi connectivity index (χ1v) is 15.0. The van der Waals surface area contributed by atoms with Crippen molar-refractivity contribution in [1.29, 1.82) is 0 Å². The van der Waals surface area contributed by atoms with Crippen LogP contribution >= 0.6 is 0 Å². The summed E-state index contributed by atoms with van der Waals surface area (Å²) in [5, 5.41) is 66.7. The van der Waals surface area contributed by atoms with Crippen molar-refractivity contribution >= 4 is 23.3 Å². The maximum atomic E-state index is 14.0. The van der Waals surface area contributed by atoms with Crippen LogP contribution in [0.25, 0.3) is 16.9 Å². The average molecular weight is 643 g/mol. The van der Waals surface area contributed by atoms with Crippen molar-refractivity contribution in [2.45, 2.75) is 50.4 Å². The van der Waals surface area contributed by atoms with Gasteiger partial charge in [0.25, 0.3) is 0 Å². The summed E-state index contributed by atoms with van der Waals surface area (Å²) in [4.78, 5) is 38.6. The van der Waals surface area contributed by atoms with Crippen molar-refractivity contribution in [3.8, 4) is 22.6 Å². The van der Waals surface area contributed by atoms with Gasteiger partial charge in [-0.2, -0.15) is 0 Å². The molecule has 11 nitrogen and oxygen atoms in total. The van der Waals surface area contributed by atoms with E-state index in [0.717, 1.165) is 17.5 Å². The number of methoxy groups -OCH3 is 1. The lowest BCUT2D eigenvalue weighted by molar-refractivity contribution is -0.172. The molecule has 0 aromatic heterocycles. The Bertz CT molecular complexity index is 1890. The number of phenolic OH excluding ortho intramolecular Hbond substituents is 1. The minimum absolute atomic E-state index is 0.178. The van der Waals surface area contributed by atoms with E-state index in [0.29, 0.717) is 23.5 Å². The van der Waals surface area contributed by atoms with Crippen LogP contribution in [0.2, 0.25) is 0 Å². The molecule has 0 bridgehead atoms. The third-order valence-electron chi connectivity index (χ3n) is 9.63. The maximum absolute atomic E-state index is 14.0. The smallest absolute Gasteiger partial charge is 0.342 e. The van der Waals surface area contributed by atoms with Crippen molar-refractivity contribution in [2.24, 2.45) is 5.41 Å². The minimum Gasteiger partial charge on any atom is -0.508 e. The van der Waals surface area contributed by atoms with Crippen LogP contribution in [0.5, 0.6) is 11.5 Å². The molecule has 0 saturated heterocycles. The molecule has 1 fully saturated rings. The Labute approximate surface area is 269 Å². The molecule has 1 saturated carbocycles. The fourth-order valence-corrected chi connectivity index (χ4v) is 7.40. The summed E-state index contributed by atoms with van der Waals surface area (Å²) in [5.41, 5.74) is -5.74. The number of hydrogen-bond acceptors (Lipinski definition) is 10. The van der Waals surface area contributed by atoms with Gasteiger partial charge in [-0.15, -0.1) is 0 Å². The van der Waals surface area contributed by atoms with E-state index in [4.69, 9.17) is 9.47 Å². The van der Waals surface area contributed by atoms with E-state index in [2.05, 4.69) is 0 Å². The van der Waals surface area contributed by atoms with Crippen molar-refractivity contribution in [1.82, 2.24) is 0 Å². The predicted octanol–water partition coefficient (Wildman–Crippen LogP) is 3.96. The number of Topliss-reactive ketones (excluding diaryl/α,β-unsaturated/α-hetero) is 2. The van der Waals surface area contributed by atoms with Crippen molar-refractivity contribution in [3.05, 3.63) is 99.8 Å². The third-order valence-corrected chi connectivity index (χ3v) is 9.63. The number of hydrogen-bond donors (Lipinski definition) is 6. The van der Waals surface area contributed by atoms with E-state index in [1.807, 2.05) is 42.5 Å². The summed E-state index contributed by atoms with van der Waals surface area (Å²) >= 11 is 0.